The van der Waals surface area contributed by atoms with Gasteiger partial charge in [0.05, 0.1) is 17.8 Å². The fourth-order valence-electron chi connectivity index (χ4n) is 3.53. The van der Waals surface area contributed by atoms with E-state index in [0.717, 1.165) is 5.69 Å². The Morgan fingerprint density at radius 1 is 1.00 bits per heavy atom. The van der Waals surface area contributed by atoms with E-state index in [2.05, 4.69) is 20.4 Å². The Hall–Kier alpha value is -3.39. The van der Waals surface area contributed by atoms with E-state index < -0.39 is 5.97 Å². The SMILES string of the molecule is CC(C)NC(=O)CN1CCN(c2ccc(NC(=O)c3ccccc3)c(C(=O)O)c2)CC1. The van der Waals surface area contributed by atoms with Gasteiger partial charge in [-0.2, -0.15) is 0 Å². The second kappa shape index (κ2) is 10.1. The third kappa shape index (κ3) is 6.05. The summed E-state index contributed by atoms with van der Waals surface area (Å²) in [6.07, 6.45) is 0. The first kappa shape index (κ1) is 22.3. The van der Waals surface area contributed by atoms with Crippen LogP contribution in [0.15, 0.2) is 48.5 Å². The minimum absolute atomic E-state index is 0.00937. The molecule has 3 N–H and O–H groups in total. The smallest absolute Gasteiger partial charge is 0.337 e. The number of hydrogen-bond donors (Lipinski definition) is 3. The molecule has 0 radical (unpaired) electrons. The number of carbonyl (C=O) groups excluding carboxylic acids is 2. The van der Waals surface area contributed by atoms with E-state index in [1.807, 2.05) is 26.0 Å². The van der Waals surface area contributed by atoms with Crippen molar-refractivity contribution in [1.29, 1.82) is 0 Å². The molecule has 1 saturated heterocycles. The summed E-state index contributed by atoms with van der Waals surface area (Å²) in [6.45, 7) is 7.01. The molecule has 1 aliphatic rings. The lowest BCUT2D eigenvalue weighted by atomic mass is 10.1. The van der Waals surface area contributed by atoms with Crippen molar-refractivity contribution in [3.05, 3.63) is 59.7 Å². The zero-order chi connectivity index (χ0) is 22.4. The second-order valence-corrected chi connectivity index (χ2v) is 7.84. The van der Waals surface area contributed by atoms with Crippen LogP contribution in [0.1, 0.15) is 34.6 Å². The number of anilines is 2. The Balaban J connectivity index is 1.65. The van der Waals surface area contributed by atoms with Gasteiger partial charge in [0.1, 0.15) is 0 Å². The van der Waals surface area contributed by atoms with Crippen molar-refractivity contribution in [3.8, 4) is 0 Å². The maximum Gasteiger partial charge on any atom is 0.337 e. The first-order chi connectivity index (χ1) is 14.8. The van der Waals surface area contributed by atoms with E-state index in [0.29, 0.717) is 38.3 Å². The average Bonchev–Trinajstić information content (AvgIpc) is 2.74. The quantitative estimate of drug-likeness (QED) is 0.630. The third-order valence-corrected chi connectivity index (χ3v) is 5.07. The summed E-state index contributed by atoms with van der Waals surface area (Å²) in [5, 5.41) is 15.2. The van der Waals surface area contributed by atoms with Gasteiger partial charge in [-0.1, -0.05) is 18.2 Å². The Kier molecular flexibility index (Phi) is 7.25. The molecule has 0 unspecified atom stereocenters. The molecule has 0 spiro atoms. The van der Waals surface area contributed by atoms with Gasteiger partial charge >= 0.3 is 5.97 Å². The van der Waals surface area contributed by atoms with Gasteiger partial charge < -0.3 is 20.6 Å². The minimum atomic E-state index is -1.10. The van der Waals surface area contributed by atoms with Crippen LogP contribution in [0.3, 0.4) is 0 Å². The lowest BCUT2D eigenvalue weighted by Gasteiger charge is -2.36. The maximum absolute atomic E-state index is 12.4. The first-order valence-corrected chi connectivity index (χ1v) is 10.3. The summed E-state index contributed by atoms with van der Waals surface area (Å²) >= 11 is 0. The molecular formula is C23H28N4O4. The number of hydrogen-bond acceptors (Lipinski definition) is 5. The molecule has 0 aromatic heterocycles. The number of amides is 2. The molecule has 0 aliphatic carbocycles. The van der Waals surface area contributed by atoms with Crippen LogP contribution < -0.4 is 15.5 Å². The number of nitrogens with zero attached hydrogens (tertiary/aromatic N) is 2. The molecule has 2 aromatic rings. The lowest BCUT2D eigenvalue weighted by Crippen LogP contribution is -2.50. The Morgan fingerprint density at radius 2 is 1.68 bits per heavy atom. The summed E-state index contributed by atoms with van der Waals surface area (Å²) in [5.41, 5.74) is 1.54. The number of aromatic carboxylic acids is 1. The van der Waals surface area contributed by atoms with Crippen LogP contribution in [-0.2, 0) is 4.79 Å². The number of carboxylic acid groups (broad SMARTS) is 1. The fourth-order valence-corrected chi connectivity index (χ4v) is 3.53. The van der Waals surface area contributed by atoms with Crippen LogP contribution in [0.5, 0.6) is 0 Å². The number of nitrogens with one attached hydrogen (secondary N) is 2. The predicted octanol–water partition coefficient (Wildman–Crippen LogP) is 2.28. The van der Waals surface area contributed by atoms with E-state index in [9.17, 15) is 19.5 Å². The minimum Gasteiger partial charge on any atom is -0.478 e. The number of rotatable bonds is 7. The first-order valence-electron chi connectivity index (χ1n) is 10.3. The number of benzene rings is 2. The monoisotopic (exact) mass is 424 g/mol. The molecule has 1 aliphatic heterocycles. The molecule has 1 fully saturated rings. The van der Waals surface area contributed by atoms with Crippen LogP contribution in [0.4, 0.5) is 11.4 Å². The van der Waals surface area contributed by atoms with Crippen LogP contribution in [0.25, 0.3) is 0 Å². The average molecular weight is 425 g/mol. The summed E-state index contributed by atoms with van der Waals surface area (Å²) in [7, 11) is 0. The molecule has 0 bridgehead atoms. The maximum atomic E-state index is 12.4. The van der Waals surface area contributed by atoms with Crippen molar-refractivity contribution >= 4 is 29.2 Å². The molecule has 0 atom stereocenters. The molecule has 2 amide bonds. The predicted molar refractivity (Wildman–Crippen MR) is 120 cm³/mol. The highest BCUT2D eigenvalue weighted by Gasteiger charge is 2.21. The Bertz CT molecular complexity index is 938. The summed E-state index contributed by atoms with van der Waals surface area (Å²) in [6, 6.07) is 13.8. The summed E-state index contributed by atoms with van der Waals surface area (Å²) in [4.78, 5) is 40.4. The van der Waals surface area contributed by atoms with Crippen molar-refractivity contribution in [2.45, 2.75) is 19.9 Å². The van der Waals surface area contributed by atoms with Gasteiger partial charge in [-0.05, 0) is 44.2 Å². The van der Waals surface area contributed by atoms with Crippen molar-refractivity contribution in [1.82, 2.24) is 10.2 Å². The van der Waals surface area contributed by atoms with E-state index in [1.54, 1.807) is 36.4 Å². The molecule has 8 nitrogen and oxygen atoms in total. The van der Waals surface area contributed by atoms with Crippen molar-refractivity contribution in [2.75, 3.05) is 42.9 Å². The summed E-state index contributed by atoms with van der Waals surface area (Å²) < 4.78 is 0. The van der Waals surface area contributed by atoms with Gasteiger partial charge in [0.15, 0.2) is 0 Å². The Morgan fingerprint density at radius 3 is 2.29 bits per heavy atom. The van der Waals surface area contributed by atoms with Gasteiger partial charge in [0.25, 0.3) is 5.91 Å². The largest absolute Gasteiger partial charge is 0.478 e. The van der Waals surface area contributed by atoms with Crippen molar-refractivity contribution in [3.63, 3.8) is 0 Å². The Labute approximate surface area is 181 Å². The van der Waals surface area contributed by atoms with E-state index >= 15 is 0 Å². The van der Waals surface area contributed by atoms with Crippen molar-refractivity contribution in [2.24, 2.45) is 0 Å². The van der Waals surface area contributed by atoms with E-state index in [4.69, 9.17) is 0 Å². The number of piperazine rings is 1. The normalized spacial score (nSPS) is 14.4. The van der Waals surface area contributed by atoms with Gasteiger partial charge in [-0.3, -0.25) is 14.5 Å². The standard InChI is InChI=1S/C23H28N4O4/c1-16(2)24-21(28)15-26-10-12-27(13-11-26)18-8-9-20(19(14-18)23(30)31)25-22(29)17-6-4-3-5-7-17/h3-9,14,16H,10-13,15H2,1-2H3,(H,24,28)(H,25,29)(H,30,31). The van der Waals surface area contributed by atoms with Crippen LogP contribution >= 0.6 is 0 Å². The molecular weight excluding hydrogens is 396 g/mol. The van der Waals surface area contributed by atoms with Crippen molar-refractivity contribution < 1.29 is 19.5 Å². The molecule has 1 heterocycles. The van der Waals surface area contributed by atoms with Crippen LogP contribution in [-0.4, -0.2) is 66.6 Å². The topological polar surface area (TPSA) is 102 Å². The zero-order valence-corrected chi connectivity index (χ0v) is 17.8. The van der Waals surface area contributed by atoms with Gasteiger partial charge in [-0.15, -0.1) is 0 Å². The highest BCUT2D eigenvalue weighted by atomic mass is 16.4. The molecule has 8 heteroatoms. The lowest BCUT2D eigenvalue weighted by molar-refractivity contribution is -0.122. The molecule has 3 rings (SSSR count). The molecule has 0 saturated carbocycles. The van der Waals surface area contributed by atoms with Gasteiger partial charge in [0.2, 0.25) is 5.91 Å². The highest BCUT2D eigenvalue weighted by Crippen LogP contribution is 2.25. The van der Waals surface area contributed by atoms with E-state index in [-0.39, 0.29) is 29.1 Å². The highest BCUT2D eigenvalue weighted by molar-refractivity contribution is 6.08. The second-order valence-electron chi connectivity index (χ2n) is 7.84. The van der Waals surface area contributed by atoms with Gasteiger partial charge in [0, 0.05) is 43.5 Å². The van der Waals surface area contributed by atoms with E-state index in [1.165, 1.54) is 0 Å². The van der Waals surface area contributed by atoms with Crippen LogP contribution in [0, 0.1) is 0 Å². The molecule has 2 aromatic carbocycles. The number of carboxylic acids is 1. The third-order valence-electron chi connectivity index (χ3n) is 5.07. The fraction of sp³-hybridized carbons (Fsp3) is 0.348. The van der Waals surface area contributed by atoms with Crippen LogP contribution in [0.2, 0.25) is 0 Å². The summed E-state index contributed by atoms with van der Waals surface area (Å²) in [5.74, 6) is -1.45. The molecule has 164 valence electrons. The van der Waals surface area contributed by atoms with Gasteiger partial charge in [-0.25, -0.2) is 4.79 Å². The zero-order valence-electron chi connectivity index (χ0n) is 17.8. The number of carbonyl (C=O) groups is 3. The molecule has 31 heavy (non-hydrogen) atoms.